The first-order valence-electron chi connectivity index (χ1n) is 9.55. The Morgan fingerprint density at radius 2 is 1.83 bits per heavy atom. The van der Waals surface area contributed by atoms with Gasteiger partial charge < -0.3 is 10.1 Å². The summed E-state index contributed by atoms with van der Waals surface area (Å²) in [5.74, 6) is 0.826. The second-order valence-electron chi connectivity index (χ2n) is 6.86. The zero-order chi connectivity index (χ0) is 20.1. The van der Waals surface area contributed by atoms with Gasteiger partial charge >= 0.3 is 0 Å². The average Bonchev–Trinajstić information content (AvgIpc) is 2.78. The van der Waals surface area contributed by atoms with Crippen LogP contribution in [0.2, 0.25) is 0 Å². The largest absolute Gasteiger partial charge is 0.497 e. The highest BCUT2D eigenvalue weighted by molar-refractivity contribution is 5.98. The molecule has 29 heavy (non-hydrogen) atoms. The lowest BCUT2D eigenvalue weighted by atomic mass is 9.96. The van der Waals surface area contributed by atoms with E-state index in [-0.39, 0.29) is 5.91 Å². The van der Waals surface area contributed by atoms with Gasteiger partial charge in [0, 0.05) is 24.3 Å². The lowest BCUT2D eigenvalue weighted by Gasteiger charge is -2.13. The van der Waals surface area contributed by atoms with Crippen LogP contribution >= 0.6 is 0 Å². The Morgan fingerprint density at radius 1 is 0.966 bits per heavy atom. The number of ether oxygens (including phenoxy) is 1. The van der Waals surface area contributed by atoms with Gasteiger partial charge in [0.15, 0.2) is 0 Å². The summed E-state index contributed by atoms with van der Waals surface area (Å²) < 4.78 is 5.37. The molecule has 0 aliphatic carbocycles. The number of carbonyl (C=O) groups excluding carboxylic acids is 1. The molecule has 0 radical (unpaired) electrons. The van der Waals surface area contributed by atoms with E-state index in [9.17, 15) is 4.79 Å². The third kappa shape index (κ3) is 4.27. The van der Waals surface area contributed by atoms with Crippen LogP contribution in [0.3, 0.4) is 0 Å². The number of hydrogen-bond donors (Lipinski definition) is 1. The number of nitrogens with one attached hydrogen (secondary N) is 1. The van der Waals surface area contributed by atoms with Crippen molar-refractivity contribution < 1.29 is 9.53 Å². The molecule has 0 fully saturated rings. The third-order valence-electron chi connectivity index (χ3n) is 4.97. The summed E-state index contributed by atoms with van der Waals surface area (Å²) in [5.41, 5.74) is 4.24. The number of rotatable bonds is 6. The Kier molecular flexibility index (Phi) is 5.52. The maximum atomic E-state index is 12.3. The lowest BCUT2D eigenvalue weighted by Crippen LogP contribution is -2.24. The Balaban J connectivity index is 1.59. The highest BCUT2D eigenvalue weighted by atomic mass is 16.5. The zero-order valence-electron chi connectivity index (χ0n) is 16.3. The van der Waals surface area contributed by atoms with Crippen molar-refractivity contribution in [2.75, 3.05) is 7.11 Å². The maximum Gasteiger partial charge on any atom is 0.224 e. The smallest absolute Gasteiger partial charge is 0.224 e. The van der Waals surface area contributed by atoms with Gasteiger partial charge in [-0.25, -0.2) is 0 Å². The molecule has 0 aliphatic rings. The zero-order valence-corrected chi connectivity index (χ0v) is 16.3. The molecule has 1 N–H and O–H groups in total. The van der Waals surface area contributed by atoms with E-state index in [1.807, 2.05) is 60.8 Å². The fourth-order valence-corrected chi connectivity index (χ4v) is 3.48. The molecule has 3 aromatic carbocycles. The van der Waals surface area contributed by atoms with Crippen LogP contribution in [0.4, 0.5) is 0 Å². The number of pyridine rings is 1. The second kappa shape index (κ2) is 8.57. The van der Waals surface area contributed by atoms with Crippen LogP contribution in [-0.2, 0) is 17.8 Å². The van der Waals surface area contributed by atoms with E-state index in [0.717, 1.165) is 38.8 Å². The maximum absolute atomic E-state index is 12.3. The normalized spacial score (nSPS) is 10.7. The Morgan fingerprint density at radius 3 is 2.66 bits per heavy atom. The van der Waals surface area contributed by atoms with Gasteiger partial charge in [0.2, 0.25) is 5.91 Å². The van der Waals surface area contributed by atoms with Crippen molar-refractivity contribution in [2.45, 2.75) is 13.0 Å². The minimum atomic E-state index is 0.00473. The van der Waals surface area contributed by atoms with Crippen LogP contribution in [0.15, 0.2) is 85.2 Å². The number of amides is 1. The summed E-state index contributed by atoms with van der Waals surface area (Å²) in [6.07, 6.45) is 4.03. The average molecular weight is 382 g/mol. The first-order chi connectivity index (χ1) is 14.2. The van der Waals surface area contributed by atoms with Crippen molar-refractivity contribution in [1.29, 1.82) is 0 Å². The Bertz CT molecular complexity index is 1140. The summed E-state index contributed by atoms with van der Waals surface area (Å²) in [6.45, 7) is 0.465. The number of benzene rings is 3. The topological polar surface area (TPSA) is 51.2 Å². The van der Waals surface area contributed by atoms with Gasteiger partial charge in [0.25, 0.3) is 0 Å². The van der Waals surface area contributed by atoms with Gasteiger partial charge in [-0.05, 0) is 45.8 Å². The van der Waals surface area contributed by atoms with E-state index in [0.29, 0.717) is 13.0 Å². The molecule has 4 nitrogen and oxygen atoms in total. The van der Waals surface area contributed by atoms with Gasteiger partial charge in [0.1, 0.15) is 5.75 Å². The molecular weight excluding hydrogens is 360 g/mol. The van der Waals surface area contributed by atoms with E-state index < -0.39 is 0 Å². The summed E-state index contributed by atoms with van der Waals surface area (Å²) in [7, 11) is 1.67. The van der Waals surface area contributed by atoms with Gasteiger partial charge in [-0.15, -0.1) is 0 Å². The first-order valence-corrected chi connectivity index (χ1v) is 9.55. The van der Waals surface area contributed by atoms with Crippen LogP contribution < -0.4 is 10.1 Å². The van der Waals surface area contributed by atoms with Gasteiger partial charge in [0.05, 0.1) is 13.5 Å². The second-order valence-corrected chi connectivity index (χ2v) is 6.86. The highest BCUT2D eigenvalue weighted by Gasteiger charge is 2.10. The third-order valence-corrected chi connectivity index (χ3v) is 4.97. The number of fused-ring (bicyclic) bond motifs is 1. The fourth-order valence-electron chi connectivity index (χ4n) is 3.48. The monoisotopic (exact) mass is 382 g/mol. The highest BCUT2D eigenvalue weighted by Crippen LogP contribution is 2.32. The molecule has 0 bridgehead atoms. The minimum absolute atomic E-state index is 0.00473. The SMILES string of the molecule is COc1cccc(-c2ccc(CNC(=O)Cc3ccccc3)c3cnccc23)c1. The Hall–Kier alpha value is -3.66. The molecule has 1 amide bonds. The standard InChI is InChI=1S/C25H22N2O2/c1-29-21-9-5-8-19(15-21)22-11-10-20(24-17-26-13-12-23(22)24)16-27-25(28)14-18-6-3-2-4-7-18/h2-13,15,17H,14,16H2,1H3,(H,27,28). The predicted octanol–water partition coefficient (Wildman–Crippen LogP) is 4.77. The van der Waals surface area contributed by atoms with E-state index >= 15 is 0 Å². The number of hydrogen-bond acceptors (Lipinski definition) is 3. The number of aromatic nitrogens is 1. The molecule has 0 saturated carbocycles. The summed E-state index contributed by atoms with van der Waals surface area (Å²) in [4.78, 5) is 16.6. The van der Waals surface area contributed by atoms with Gasteiger partial charge in [-0.3, -0.25) is 9.78 Å². The Labute approximate surface area is 170 Å². The van der Waals surface area contributed by atoms with Crippen LogP contribution in [0.1, 0.15) is 11.1 Å². The van der Waals surface area contributed by atoms with Gasteiger partial charge in [-0.1, -0.05) is 54.6 Å². The fraction of sp³-hybridized carbons (Fsp3) is 0.120. The molecule has 0 aliphatic heterocycles. The molecule has 0 saturated heterocycles. The van der Waals surface area contributed by atoms with Gasteiger partial charge in [-0.2, -0.15) is 0 Å². The van der Waals surface area contributed by atoms with E-state index in [2.05, 4.69) is 28.5 Å². The molecule has 0 atom stereocenters. The van der Waals surface area contributed by atoms with Crippen LogP contribution in [0.5, 0.6) is 5.75 Å². The number of methoxy groups -OCH3 is 1. The molecule has 4 heteroatoms. The molecule has 144 valence electrons. The lowest BCUT2D eigenvalue weighted by molar-refractivity contribution is -0.120. The van der Waals surface area contributed by atoms with E-state index in [4.69, 9.17) is 4.74 Å². The summed E-state index contributed by atoms with van der Waals surface area (Å²) in [6, 6.07) is 23.9. The predicted molar refractivity (Wildman–Crippen MR) is 116 cm³/mol. The molecular formula is C25H22N2O2. The molecule has 4 aromatic rings. The van der Waals surface area contributed by atoms with Crippen molar-refractivity contribution >= 4 is 16.7 Å². The van der Waals surface area contributed by atoms with E-state index in [1.54, 1.807) is 13.3 Å². The van der Waals surface area contributed by atoms with Crippen molar-refractivity contribution in [3.05, 3.63) is 96.3 Å². The molecule has 1 aromatic heterocycles. The molecule has 4 rings (SSSR count). The number of carbonyl (C=O) groups is 1. The van der Waals surface area contributed by atoms with Crippen LogP contribution in [0.25, 0.3) is 21.9 Å². The summed E-state index contributed by atoms with van der Waals surface area (Å²) >= 11 is 0. The van der Waals surface area contributed by atoms with Crippen LogP contribution in [0, 0.1) is 0 Å². The first kappa shape index (κ1) is 18.7. The van der Waals surface area contributed by atoms with Crippen molar-refractivity contribution in [1.82, 2.24) is 10.3 Å². The minimum Gasteiger partial charge on any atom is -0.497 e. The molecule has 0 unspecified atom stereocenters. The molecule has 0 spiro atoms. The summed E-state index contributed by atoms with van der Waals surface area (Å²) in [5, 5.41) is 5.17. The number of nitrogens with zero attached hydrogens (tertiary/aromatic N) is 1. The van der Waals surface area contributed by atoms with Crippen molar-refractivity contribution in [2.24, 2.45) is 0 Å². The quantitative estimate of drug-likeness (QED) is 0.523. The van der Waals surface area contributed by atoms with Crippen molar-refractivity contribution in [3.63, 3.8) is 0 Å². The molecule has 1 heterocycles. The van der Waals surface area contributed by atoms with Crippen LogP contribution in [-0.4, -0.2) is 18.0 Å². The van der Waals surface area contributed by atoms with Crippen molar-refractivity contribution in [3.8, 4) is 16.9 Å². The van der Waals surface area contributed by atoms with E-state index in [1.165, 1.54) is 0 Å².